The summed E-state index contributed by atoms with van der Waals surface area (Å²) >= 11 is 0. The van der Waals surface area contributed by atoms with Gasteiger partial charge in [0.05, 0.1) is 18.3 Å². The highest BCUT2D eigenvalue weighted by Crippen LogP contribution is 2.27. The standard InChI is InChI=1S/C11H21N3O/c1-10(2,3)8-6-13-14(9(8)12)7-11(4,5)15/h6,15H,7,12H2,1-5H3. The van der Waals surface area contributed by atoms with Crippen LogP contribution in [-0.2, 0) is 12.0 Å². The van der Waals surface area contributed by atoms with Gasteiger partial charge in [0.2, 0.25) is 0 Å². The van der Waals surface area contributed by atoms with Gasteiger partial charge in [-0.05, 0) is 19.3 Å². The summed E-state index contributed by atoms with van der Waals surface area (Å²) in [5.41, 5.74) is 6.20. The summed E-state index contributed by atoms with van der Waals surface area (Å²) in [5.74, 6) is 0.643. The van der Waals surface area contributed by atoms with E-state index in [-0.39, 0.29) is 5.41 Å². The average Bonchev–Trinajstić information content (AvgIpc) is 2.27. The Morgan fingerprint density at radius 1 is 1.33 bits per heavy atom. The Labute approximate surface area is 91.1 Å². The molecule has 0 spiro atoms. The van der Waals surface area contributed by atoms with E-state index in [1.807, 2.05) is 0 Å². The van der Waals surface area contributed by atoms with Crippen molar-refractivity contribution in [3.05, 3.63) is 11.8 Å². The molecule has 0 saturated heterocycles. The molecule has 4 heteroatoms. The highest BCUT2D eigenvalue weighted by molar-refractivity contribution is 5.43. The smallest absolute Gasteiger partial charge is 0.125 e. The molecular formula is C11H21N3O. The molecule has 1 rings (SSSR count). The number of hydrogen-bond donors (Lipinski definition) is 2. The van der Waals surface area contributed by atoms with Crippen LogP contribution in [0.2, 0.25) is 0 Å². The Balaban J connectivity index is 3.00. The average molecular weight is 211 g/mol. The van der Waals surface area contributed by atoms with E-state index < -0.39 is 5.60 Å². The monoisotopic (exact) mass is 211 g/mol. The maximum absolute atomic E-state index is 9.69. The van der Waals surface area contributed by atoms with Crippen LogP contribution in [0.25, 0.3) is 0 Å². The van der Waals surface area contributed by atoms with E-state index in [9.17, 15) is 5.11 Å². The summed E-state index contributed by atoms with van der Waals surface area (Å²) in [4.78, 5) is 0. The summed E-state index contributed by atoms with van der Waals surface area (Å²) < 4.78 is 1.65. The third-order valence-electron chi connectivity index (χ3n) is 2.22. The molecule has 0 bridgehead atoms. The van der Waals surface area contributed by atoms with Gasteiger partial charge in [-0.1, -0.05) is 20.8 Å². The van der Waals surface area contributed by atoms with Gasteiger partial charge < -0.3 is 10.8 Å². The number of hydrogen-bond acceptors (Lipinski definition) is 3. The second-order valence-corrected chi connectivity index (χ2v) is 5.66. The third-order valence-corrected chi connectivity index (χ3v) is 2.22. The predicted molar refractivity (Wildman–Crippen MR) is 61.6 cm³/mol. The van der Waals surface area contributed by atoms with Gasteiger partial charge in [-0.2, -0.15) is 5.10 Å². The van der Waals surface area contributed by atoms with E-state index in [0.29, 0.717) is 12.4 Å². The number of aromatic nitrogens is 2. The van der Waals surface area contributed by atoms with E-state index in [1.54, 1.807) is 24.7 Å². The van der Waals surface area contributed by atoms with Crippen LogP contribution in [-0.4, -0.2) is 20.5 Å². The number of aliphatic hydroxyl groups is 1. The molecule has 15 heavy (non-hydrogen) atoms. The Morgan fingerprint density at radius 2 is 1.87 bits per heavy atom. The van der Waals surface area contributed by atoms with Crippen molar-refractivity contribution < 1.29 is 5.11 Å². The number of anilines is 1. The van der Waals surface area contributed by atoms with Crippen molar-refractivity contribution in [2.75, 3.05) is 5.73 Å². The van der Waals surface area contributed by atoms with Crippen LogP contribution in [0.15, 0.2) is 6.20 Å². The fraction of sp³-hybridized carbons (Fsp3) is 0.727. The van der Waals surface area contributed by atoms with Gasteiger partial charge in [-0.15, -0.1) is 0 Å². The van der Waals surface area contributed by atoms with Gasteiger partial charge in [0.25, 0.3) is 0 Å². The van der Waals surface area contributed by atoms with Gasteiger partial charge in [0, 0.05) is 5.56 Å². The van der Waals surface area contributed by atoms with Crippen molar-refractivity contribution in [2.24, 2.45) is 0 Å². The Kier molecular flexibility index (Phi) is 2.83. The summed E-state index contributed by atoms with van der Waals surface area (Å²) in [6, 6.07) is 0. The molecule has 1 aromatic rings. The van der Waals surface area contributed by atoms with Crippen LogP contribution in [0.1, 0.15) is 40.2 Å². The largest absolute Gasteiger partial charge is 0.389 e. The summed E-state index contributed by atoms with van der Waals surface area (Å²) in [7, 11) is 0. The van der Waals surface area contributed by atoms with Crippen LogP contribution in [0.5, 0.6) is 0 Å². The maximum Gasteiger partial charge on any atom is 0.125 e. The minimum atomic E-state index is -0.796. The first-order valence-corrected chi connectivity index (χ1v) is 5.15. The Morgan fingerprint density at radius 3 is 2.20 bits per heavy atom. The maximum atomic E-state index is 9.69. The number of nitrogens with two attached hydrogens (primary N) is 1. The van der Waals surface area contributed by atoms with Crippen LogP contribution < -0.4 is 5.73 Å². The second kappa shape index (κ2) is 3.52. The van der Waals surface area contributed by atoms with E-state index in [4.69, 9.17) is 5.73 Å². The van der Waals surface area contributed by atoms with Gasteiger partial charge in [0.15, 0.2) is 0 Å². The van der Waals surface area contributed by atoms with E-state index in [1.165, 1.54) is 0 Å². The minimum absolute atomic E-state index is 0.0120. The fourth-order valence-corrected chi connectivity index (χ4v) is 1.47. The zero-order valence-electron chi connectivity index (χ0n) is 10.2. The SMILES string of the molecule is CC(C)(O)Cn1ncc(C(C)(C)C)c1N. The summed E-state index contributed by atoms with van der Waals surface area (Å²) in [6.07, 6.45) is 1.78. The fourth-order valence-electron chi connectivity index (χ4n) is 1.47. The first-order chi connectivity index (χ1) is 6.61. The Hall–Kier alpha value is -1.03. The summed E-state index contributed by atoms with van der Waals surface area (Å²) in [6.45, 7) is 10.2. The van der Waals surface area contributed by atoms with Gasteiger partial charge in [-0.25, -0.2) is 4.68 Å². The highest BCUT2D eigenvalue weighted by atomic mass is 16.3. The molecule has 86 valence electrons. The predicted octanol–water partition coefficient (Wildman–Crippen LogP) is 1.53. The van der Waals surface area contributed by atoms with Crippen LogP contribution >= 0.6 is 0 Å². The lowest BCUT2D eigenvalue weighted by atomic mass is 9.89. The molecule has 0 aromatic carbocycles. The zero-order valence-corrected chi connectivity index (χ0v) is 10.2. The van der Waals surface area contributed by atoms with Gasteiger partial charge in [0.1, 0.15) is 5.82 Å². The van der Waals surface area contributed by atoms with Crippen molar-refractivity contribution in [2.45, 2.75) is 52.2 Å². The second-order valence-electron chi connectivity index (χ2n) is 5.66. The Bertz CT molecular complexity index is 342. The summed E-state index contributed by atoms with van der Waals surface area (Å²) in [5, 5.41) is 13.9. The van der Waals surface area contributed by atoms with E-state index in [0.717, 1.165) is 5.56 Å². The first-order valence-electron chi connectivity index (χ1n) is 5.15. The molecule has 0 aliphatic heterocycles. The highest BCUT2D eigenvalue weighted by Gasteiger charge is 2.23. The molecule has 3 N–H and O–H groups in total. The van der Waals surface area contributed by atoms with Crippen molar-refractivity contribution >= 4 is 5.82 Å². The molecule has 0 fully saturated rings. The van der Waals surface area contributed by atoms with Crippen molar-refractivity contribution in [3.63, 3.8) is 0 Å². The van der Waals surface area contributed by atoms with E-state index in [2.05, 4.69) is 25.9 Å². The lowest BCUT2D eigenvalue weighted by Gasteiger charge is -2.20. The minimum Gasteiger partial charge on any atom is -0.389 e. The molecule has 0 unspecified atom stereocenters. The number of nitrogens with zero attached hydrogens (tertiary/aromatic N) is 2. The molecule has 1 aromatic heterocycles. The number of rotatable bonds is 2. The zero-order chi connectivity index (χ0) is 11.9. The first kappa shape index (κ1) is 12.0. The molecule has 0 radical (unpaired) electrons. The van der Waals surface area contributed by atoms with Crippen molar-refractivity contribution in [3.8, 4) is 0 Å². The van der Waals surface area contributed by atoms with Gasteiger partial charge in [-0.3, -0.25) is 0 Å². The molecule has 0 saturated carbocycles. The topological polar surface area (TPSA) is 64.1 Å². The molecule has 1 heterocycles. The van der Waals surface area contributed by atoms with Crippen LogP contribution in [0.3, 0.4) is 0 Å². The van der Waals surface area contributed by atoms with Crippen molar-refractivity contribution in [1.29, 1.82) is 0 Å². The lowest BCUT2D eigenvalue weighted by molar-refractivity contribution is 0.0584. The normalized spacial score (nSPS) is 13.2. The van der Waals surface area contributed by atoms with Gasteiger partial charge >= 0.3 is 0 Å². The molecule has 0 atom stereocenters. The van der Waals surface area contributed by atoms with Crippen LogP contribution in [0, 0.1) is 0 Å². The molecule has 0 amide bonds. The third kappa shape index (κ3) is 2.96. The quantitative estimate of drug-likeness (QED) is 0.779. The number of nitrogen functional groups attached to an aromatic ring is 1. The lowest BCUT2D eigenvalue weighted by Crippen LogP contribution is -2.27. The van der Waals surface area contributed by atoms with Crippen LogP contribution in [0.4, 0.5) is 5.82 Å². The van der Waals surface area contributed by atoms with E-state index >= 15 is 0 Å². The molecule has 0 aliphatic rings. The molecule has 0 aliphatic carbocycles. The van der Waals surface area contributed by atoms with Crippen molar-refractivity contribution in [1.82, 2.24) is 9.78 Å². The molecular weight excluding hydrogens is 190 g/mol. The molecule has 4 nitrogen and oxygen atoms in total.